The summed E-state index contributed by atoms with van der Waals surface area (Å²) < 4.78 is 5.00. The summed E-state index contributed by atoms with van der Waals surface area (Å²) in [4.78, 5) is 4.07. The lowest BCUT2D eigenvalue weighted by Crippen LogP contribution is -1.82. The highest BCUT2D eigenvalue weighted by Crippen LogP contribution is 2.20. The molecule has 0 fully saturated rings. The van der Waals surface area contributed by atoms with Crippen LogP contribution < -0.4 is 0 Å². The van der Waals surface area contributed by atoms with Crippen molar-refractivity contribution in [3.8, 4) is 11.3 Å². The molecule has 0 radical (unpaired) electrons. The molecule has 1 N–H and O–H groups in total. The van der Waals surface area contributed by atoms with Crippen LogP contribution in [0.25, 0.3) is 11.3 Å². The normalized spacial score (nSPS) is 10.4. The van der Waals surface area contributed by atoms with E-state index in [0.29, 0.717) is 16.6 Å². The minimum absolute atomic E-state index is 0.187. The lowest BCUT2D eigenvalue weighted by atomic mass is 10.2. The Bertz CT molecular complexity index is 422. The summed E-state index contributed by atoms with van der Waals surface area (Å²) in [6, 6.07) is 7.26. The smallest absolute Gasteiger partial charge is 0.220 e. The molecule has 4 heteroatoms. The first-order valence-corrected chi connectivity index (χ1v) is 4.48. The van der Waals surface area contributed by atoms with Crippen LogP contribution in [-0.4, -0.2) is 10.1 Å². The van der Waals surface area contributed by atoms with Crippen molar-refractivity contribution in [2.45, 2.75) is 6.61 Å². The first-order chi connectivity index (χ1) is 6.79. The second kappa shape index (κ2) is 3.82. The largest absolute Gasteiger partial charge is 0.446 e. The monoisotopic (exact) mass is 209 g/mol. The van der Waals surface area contributed by atoms with E-state index < -0.39 is 0 Å². The molecule has 0 unspecified atom stereocenters. The first kappa shape index (κ1) is 9.24. The number of aliphatic hydroxyl groups excluding tert-OH is 1. The van der Waals surface area contributed by atoms with Gasteiger partial charge >= 0.3 is 0 Å². The number of rotatable bonds is 2. The van der Waals surface area contributed by atoms with Crippen LogP contribution in [0.3, 0.4) is 0 Å². The number of benzene rings is 1. The number of nitrogens with zero attached hydrogens (tertiary/aromatic N) is 1. The van der Waals surface area contributed by atoms with Gasteiger partial charge in [0.15, 0.2) is 0 Å². The van der Waals surface area contributed by atoms with Gasteiger partial charge in [0.05, 0.1) is 0 Å². The van der Waals surface area contributed by atoms with E-state index in [1.807, 2.05) is 12.1 Å². The summed E-state index contributed by atoms with van der Waals surface area (Å²) in [5.41, 5.74) is 1.61. The van der Waals surface area contributed by atoms with Crippen LogP contribution in [0.4, 0.5) is 0 Å². The Morgan fingerprint density at radius 3 is 2.57 bits per heavy atom. The Morgan fingerprint density at radius 1 is 1.29 bits per heavy atom. The van der Waals surface area contributed by atoms with Crippen molar-refractivity contribution in [1.29, 1.82) is 0 Å². The number of oxazole rings is 1. The van der Waals surface area contributed by atoms with E-state index in [0.717, 1.165) is 5.56 Å². The van der Waals surface area contributed by atoms with Gasteiger partial charge in [-0.2, -0.15) is 0 Å². The zero-order valence-corrected chi connectivity index (χ0v) is 8.03. The van der Waals surface area contributed by atoms with E-state index in [4.69, 9.17) is 21.1 Å². The Hall–Kier alpha value is -1.32. The van der Waals surface area contributed by atoms with Crippen molar-refractivity contribution in [3.05, 3.63) is 41.4 Å². The Morgan fingerprint density at radius 2 is 2.00 bits per heavy atom. The zero-order chi connectivity index (χ0) is 9.97. The Labute approximate surface area is 86.0 Å². The predicted molar refractivity (Wildman–Crippen MR) is 52.9 cm³/mol. The summed E-state index contributed by atoms with van der Waals surface area (Å²) in [7, 11) is 0. The van der Waals surface area contributed by atoms with Crippen molar-refractivity contribution in [1.82, 2.24) is 4.98 Å². The maximum absolute atomic E-state index is 8.76. The molecule has 2 rings (SSSR count). The fourth-order valence-electron chi connectivity index (χ4n) is 1.14. The van der Waals surface area contributed by atoms with Crippen molar-refractivity contribution in [2.24, 2.45) is 0 Å². The van der Waals surface area contributed by atoms with Crippen molar-refractivity contribution in [3.63, 3.8) is 0 Å². The van der Waals surface area contributed by atoms with Gasteiger partial charge in [-0.25, -0.2) is 4.98 Å². The summed E-state index contributed by atoms with van der Waals surface area (Å²) in [6.45, 7) is -0.187. The average Bonchev–Trinajstić information content (AvgIpc) is 2.67. The van der Waals surface area contributed by atoms with Crippen LogP contribution in [0.2, 0.25) is 5.02 Å². The highest BCUT2D eigenvalue weighted by Gasteiger charge is 2.04. The molecule has 0 aliphatic carbocycles. The molecule has 1 aromatic carbocycles. The fourth-order valence-corrected chi connectivity index (χ4v) is 1.26. The number of aliphatic hydroxyl groups is 1. The van der Waals surface area contributed by atoms with Gasteiger partial charge < -0.3 is 9.52 Å². The molecule has 1 heterocycles. The molecule has 0 aliphatic heterocycles. The van der Waals surface area contributed by atoms with Crippen LogP contribution in [0.15, 0.2) is 34.9 Å². The molecular weight excluding hydrogens is 202 g/mol. The van der Waals surface area contributed by atoms with Gasteiger partial charge in [0, 0.05) is 10.6 Å². The van der Waals surface area contributed by atoms with E-state index >= 15 is 0 Å². The summed E-state index contributed by atoms with van der Waals surface area (Å²) in [5.74, 6) is 0.315. The maximum Gasteiger partial charge on any atom is 0.220 e. The molecule has 0 amide bonds. The molecule has 0 spiro atoms. The molecule has 0 aliphatic rings. The predicted octanol–water partition coefficient (Wildman–Crippen LogP) is 2.49. The standard InChI is InChI=1S/C10H8ClNO2/c11-8-3-1-7(2-4-8)9-6-14-10(5-13)12-9/h1-4,6,13H,5H2. The molecule has 1 aromatic heterocycles. The van der Waals surface area contributed by atoms with Crippen LogP contribution in [-0.2, 0) is 6.61 Å². The fraction of sp³-hybridized carbons (Fsp3) is 0.100. The van der Waals surface area contributed by atoms with Gasteiger partial charge in [-0.1, -0.05) is 23.7 Å². The molecule has 0 saturated heterocycles. The molecule has 0 bridgehead atoms. The van der Waals surface area contributed by atoms with E-state index in [9.17, 15) is 0 Å². The lowest BCUT2D eigenvalue weighted by molar-refractivity contribution is 0.240. The highest BCUT2D eigenvalue weighted by atomic mass is 35.5. The third-order valence-electron chi connectivity index (χ3n) is 1.83. The van der Waals surface area contributed by atoms with Gasteiger partial charge in [0.25, 0.3) is 0 Å². The maximum atomic E-state index is 8.76. The third-order valence-corrected chi connectivity index (χ3v) is 2.08. The van der Waals surface area contributed by atoms with Crippen LogP contribution in [0, 0.1) is 0 Å². The van der Waals surface area contributed by atoms with Gasteiger partial charge in [-0.05, 0) is 12.1 Å². The van der Waals surface area contributed by atoms with E-state index in [2.05, 4.69) is 4.98 Å². The molecular formula is C10H8ClNO2. The molecule has 2 aromatic rings. The highest BCUT2D eigenvalue weighted by molar-refractivity contribution is 6.30. The minimum Gasteiger partial charge on any atom is -0.446 e. The van der Waals surface area contributed by atoms with Gasteiger partial charge in [0.1, 0.15) is 18.6 Å². The van der Waals surface area contributed by atoms with Crippen molar-refractivity contribution in [2.75, 3.05) is 0 Å². The van der Waals surface area contributed by atoms with Crippen molar-refractivity contribution >= 4 is 11.6 Å². The lowest BCUT2D eigenvalue weighted by Gasteiger charge is -1.94. The van der Waals surface area contributed by atoms with Gasteiger partial charge in [0.2, 0.25) is 5.89 Å². The van der Waals surface area contributed by atoms with E-state index in [1.165, 1.54) is 6.26 Å². The first-order valence-electron chi connectivity index (χ1n) is 4.11. The van der Waals surface area contributed by atoms with E-state index in [-0.39, 0.29) is 6.61 Å². The Balaban J connectivity index is 2.34. The number of halogens is 1. The SMILES string of the molecule is OCc1nc(-c2ccc(Cl)cc2)co1. The summed E-state index contributed by atoms with van der Waals surface area (Å²) in [5, 5.41) is 9.44. The number of aromatic nitrogens is 1. The van der Waals surface area contributed by atoms with Gasteiger partial charge in [-0.3, -0.25) is 0 Å². The third kappa shape index (κ3) is 1.78. The second-order valence-corrected chi connectivity index (χ2v) is 3.23. The van der Waals surface area contributed by atoms with Gasteiger partial charge in [-0.15, -0.1) is 0 Å². The van der Waals surface area contributed by atoms with Crippen LogP contribution in [0.5, 0.6) is 0 Å². The molecule has 72 valence electrons. The average molecular weight is 210 g/mol. The van der Waals surface area contributed by atoms with Crippen LogP contribution >= 0.6 is 11.6 Å². The van der Waals surface area contributed by atoms with E-state index in [1.54, 1.807) is 12.1 Å². The molecule has 3 nitrogen and oxygen atoms in total. The molecule has 14 heavy (non-hydrogen) atoms. The summed E-state index contributed by atoms with van der Waals surface area (Å²) >= 11 is 5.75. The topological polar surface area (TPSA) is 46.3 Å². The Kier molecular flexibility index (Phi) is 2.52. The van der Waals surface area contributed by atoms with Crippen molar-refractivity contribution < 1.29 is 9.52 Å². The van der Waals surface area contributed by atoms with Crippen LogP contribution in [0.1, 0.15) is 5.89 Å². The molecule has 0 saturated carbocycles. The number of hydrogen-bond acceptors (Lipinski definition) is 3. The summed E-state index contributed by atoms with van der Waals surface area (Å²) in [6.07, 6.45) is 1.51. The zero-order valence-electron chi connectivity index (χ0n) is 7.27. The number of hydrogen-bond donors (Lipinski definition) is 1. The minimum atomic E-state index is -0.187. The molecule has 0 atom stereocenters. The quantitative estimate of drug-likeness (QED) is 0.827. The second-order valence-electron chi connectivity index (χ2n) is 2.79.